The molecule has 2 rings (SSSR count). The van der Waals surface area contributed by atoms with Gasteiger partial charge in [0.2, 0.25) is 5.91 Å². The summed E-state index contributed by atoms with van der Waals surface area (Å²) in [6.07, 6.45) is 4.45. The molecule has 0 saturated carbocycles. The first kappa shape index (κ1) is 13.5. The van der Waals surface area contributed by atoms with E-state index in [1.54, 1.807) is 0 Å². The summed E-state index contributed by atoms with van der Waals surface area (Å²) in [5.74, 6) is 0.111. The van der Waals surface area contributed by atoms with Crippen LogP contribution in [0.25, 0.3) is 0 Å². The van der Waals surface area contributed by atoms with E-state index in [2.05, 4.69) is 25.2 Å². The molecule has 1 amide bonds. The zero-order valence-electron chi connectivity index (χ0n) is 11.5. The fourth-order valence-corrected chi connectivity index (χ4v) is 2.14. The van der Waals surface area contributed by atoms with Crippen molar-refractivity contribution in [2.24, 2.45) is 0 Å². The van der Waals surface area contributed by atoms with Crippen LogP contribution in [0.3, 0.4) is 0 Å². The number of Topliss-reactive ketones (excluding diaryl/α,β-unsaturated/α-hetero) is 1. The molecule has 1 N–H and O–H groups in total. The van der Waals surface area contributed by atoms with Crippen molar-refractivity contribution in [3.8, 4) is 0 Å². The van der Waals surface area contributed by atoms with E-state index >= 15 is 0 Å². The Hall–Kier alpha value is -1.90. The molecule has 1 aliphatic heterocycles. The minimum atomic E-state index is -0.00852. The van der Waals surface area contributed by atoms with E-state index in [1.807, 2.05) is 18.2 Å². The fourth-order valence-electron chi connectivity index (χ4n) is 2.14. The third-order valence-corrected chi connectivity index (χ3v) is 3.21. The van der Waals surface area contributed by atoms with Crippen molar-refractivity contribution >= 4 is 17.4 Å². The summed E-state index contributed by atoms with van der Waals surface area (Å²) in [5, 5.41) is 2.81. The van der Waals surface area contributed by atoms with E-state index in [0.29, 0.717) is 30.5 Å². The molecule has 0 atom stereocenters. The Morgan fingerprint density at radius 1 is 1.26 bits per heavy atom. The first-order valence-electron chi connectivity index (χ1n) is 6.65. The predicted octanol–water partition coefficient (Wildman–Crippen LogP) is 3.50. The molecule has 1 heterocycles. The zero-order valence-corrected chi connectivity index (χ0v) is 11.5. The van der Waals surface area contributed by atoms with Gasteiger partial charge in [0.15, 0.2) is 5.78 Å². The van der Waals surface area contributed by atoms with Crippen LogP contribution in [-0.4, -0.2) is 11.7 Å². The topological polar surface area (TPSA) is 46.2 Å². The van der Waals surface area contributed by atoms with E-state index in [-0.39, 0.29) is 11.7 Å². The number of carbonyl (C=O) groups excluding carboxylic acids is 2. The van der Waals surface area contributed by atoms with E-state index < -0.39 is 0 Å². The molecule has 0 saturated heterocycles. The van der Waals surface area contributed by atoms with Gasteiger partial charge in [0.05, 0.1) is 5.69 Å². The largest absolute Gasteiger partial charge is 0.325 e. The molecule has 0 spiro atoms. The molecule has 3 nitrogen and oxygen atoms in total. The number of hydrogen-bond acceptors (Lipinski definition) is 2. The molecule has 19 heavy (non-hydrogen) atoms. The average Bonchev–Trinajstić information content (AvgIpc) is 2.35. The van der Waals surface area contributed by atoms with Gasteiger partial charge in [-0.2, -0.15) is 0 Å². The highest BCUT2D eigenvalue weighted by molar-refractivity contribution is 6.06. The minimum Gasteiger partial charge on any atom is -0.325 e. The Kier molecular flexibility index (Phi) is 4.15. The summed E-state index contributed by atoms with van der Waals surface area (Å²) in [5.41, 5.74) is 3.65. The summed E-state index contributed by atoms with van der Waals surface area (Å²) < 4.78 is 0. The van der Waals surface area contributed by atoms with Gasteiger partial charge < -0.3 is 5.32 Å². The highest BCUT2D eigenvalue weighted by atomic mass is 16.2. The van der Waals surface area contributed by atoms with Gasteiger partial charge in [-0.05, 0) is 44.4 Å². The number of ketones is 1. The molecule has 1 aliphatic rings. The predicted molar refractivity (Wildman–Crippen MR) is 76.4 cm³/mol. The standard InChI is InChI=1S/C16H19NO2/c1-11(2)6-7-12-8-9-14-13(10-12)15(18)4-3-5-16(19)17-14/h6,8-10H,3-5,7H2,1-2H3,(H,17,19). The van der Waals surface area contributed by atoms with Gasteiger partial charge in [0.1, 0.15) is 0 Å². The maximum atomic E-state index is 12.1. The van der Waals surface area contributed by atoms with E-state index in [0.717, 1.165) is 12.0 Å². The number of amides is 1. The lowest BCUT2D eigenvalue weighted by Gasteiger charge is -2.15. The Bertz CT molecular complexity index is 540. The summed E-state index contributed by atoms with van der Waals surface area (Å²) >= 11 is 0. The quantitative estimate of drug-likeness (QED) is 0.824. The molecule has 100 valence electrons. The van der Waals surface area contributed by atoms with Gasteiger partial charge in [0.25, 0.3) is 0 Å². The van der Waals surface area contributed by atoms with Crippen LogP contribution < -0.4 is 5.32 Å². The Morgan fingerprint density at radius 2 is 2.05 bits per heavy atom. The van der Waals surface area contributed by atoms with Crippen LogP contribution in [0, 0.1) is 0 Å². The lowest BCUT2D eigenvalue weighted by atomic mass is 9.97. The van der Waals surface area contributed by atoms with Crippen molar-refractivity contribution in [1.29, 1.82) is 0 Å². The molecule has 0 radical (unpaired) electrons. The molecule has 0 aliphatic carbocycles. The van der Waals surface area contributed by atoms with E-state index in [1.165, 1.54) is 5.57 Å². The summed E-state index contributed by atoms with van der Waals surface area (Å²) in [6.45, 7) is 4.11. The number of fused-ring (bicyclic) bond motifs is 1. The SMILES string of the molecule is CC(C)=CCc1ccc2c(c1)C(=O)CCCC(=O)N2. The van der Waals surface area contributed by atoms with Crippen LogP contribution in [0.2, 0.25) is 0 Å². The third-order valence-electron chi connectivity index (χ3n) is 3.21. The van der Waals surface area contributed by atoms with Crippen molar-refractivity contribution in [3.63, 3.8) is 0 Å². The maximum Gasteiger partial charge on any atom is 0.224 e. The molecule has 0 fully saturated rings. The second-order valence-electron chi connectivity index (χ2n) is 5.19. The lowest BCUT2D eigenvalue weighted by molar-refractivity contribution is -0.116. The van der Waals surface area contributed by atoms with E-state index in [4.69, 9.17) is 0 Å². The highest BCUT2D eigenvalue weighted by Gasteiger charge is 2.17. The smallest absolute Gasteiger partial charge is 0.224 e. The number of rotatable bonds is 2. The van der Waals surface area contributed by atoms with Crippen molar-refractivity contribution in [1.82, 2.24) is 0 Å². The maximum absolute atomic E-state index is 12.1. The Balaban J connectivity index is 2.32. The number of nitrogens with one attached hydrogen (secondary N) is 1. The fraction of sp³-hybridized carbons (Fsp3) is 0.375. The summed E-state index contributed by atoms with van der Waals surface area (Å²) in [6, 6.07) is 5.71. The lowest BCUT2D eigenvalue weighted by Crippen LogP contribution is -2.18. The van der Waals surface area contributed by atoms with Crippen molar-refractivity contribution in [2.45, 2.75) is 39.5 Å². The van der Waals surface area contributed by atoms with Gasteiger partial charge >= 0.3 is 0 Å². The van der Waals surface area contributed by atoms with Crippen LogP contribution >= 0.6 is 0 Å². The van der Waals surface area contributed by atoms with Crippen molar-refractivity contribution in [2.75, 3.05) is 5.32 Å². The molecular weight excluding hydrogens is 238 g/mol. The molecular formula is C16H19NO2. The molecule has 3 heteroatoms. The average molecular weight is 257 g/mol. The van der Waals surface area contributed by atoms with Crippen LogP contribution in [0.1, 0.15) is 49.0 Å². The molecule has 1 aromatic rings. The molecule has 0 unspecified atom stereocenters. The van der Waals surface area contributed by atoms with Crippen LogP contribution in [0.15, 0.2) is 29.8 Å². The van der Waals surface area contributed by atoms with Gasteiger partial charge in [0, 0.05) is 18.4 Å². The number of hydrogen-bond donors (Lipinski definition) is 1. The normalized spacial score (nSPS) is 15.1. The van der Waals surface area contributed by atoms with Crippen molar-refractivity contribution < 1.29 is 9.59 Å². The summed E-state index contributed by atoms with van der Waals surface area (Å²) in [7, 11) is 0. The van der Waals surface area contributed by atoms with Gasteiger partial charge in [-0.3, -0.25) is 9.59 Å². The molecule has 0 bridgehead atoms. The Morgan fingerprint density at radius 3 is 2.79 bits per heavy atom. The van der Waals surface area contributed by atoms with Gasteiger partial charge in [-0.15, -0.1) is 0 Å². The highest BCUT2D eigenvalue weighted by Crippen LogP contribution is 2.23. The monoisotopic (exact) mass is 257 g/mol. The zero-order chi connectivity index (χ0) is 13.8. The van der Waals surface area contributed by atoms with Crippen molar-refractivity contribution in [3.05, 3.63) is 41.0 Å². The number of carbonyl (C=O) groups is 2. The second kappa shape index (κ2) is 5.83. The van der Waals surface area contributed by atoms with E-state index in [9.17, 15) is 9.59 Å². The molecule has 1 aromatic carbocycles. The van der Waals surface area contributed by atoms with Crippen LogP contribution in [0.5, 0.6) is 0 Å². The Labute approximate surface area is 113 Å². The number of allylic oxidation sites excluding steroid dienone is 2. The molecule has 0 aromatic heterocycles. The third kappa shape index (κ3) is 3.53. The van der Waals surface area contributed by atoms with Crippen LogP contribution in [0.4, 0.5) is 5.69 Å². The number of benzene rings is 1. The van der Waals surface area contributed by atoms with Gasteiger partial charge in [-0.1, -0.05) is 17.7 Å². The minimum absolute atomic E-state index is 0.00852. The summed E-state index contributed by atoms with van der Waals surface area (Å²) in [4.78, 5) is 23.7. The number of anilines is 1. The first-order chi connectivity index (χ1) is 9.06. The second-order valence-corrected chi connectivity index (χ2v) is 5.19. The first-order valence-corrected chi connectivity index (χ1v) is 6.65. The van der Waals surface area contributed by atoms with Crippen LogP contribution in [-0.2, 0) is 11.2 Å². The van der Waals surface area contributed by atoms with Gasteiger partial charge in [-0.25, -0.2) is 0 Å².